The highest BCUT2D eigenvalue weighted by molar-refractivity contribution is 5.62. The van der Waals surface area contributed by atoms with E-state index in [1.165, 1.54) is 24.4 Å². The summed E-state index contributed by atoms with van der Waals surface area (Å²) < 4.78 is 53.9. The molecule has 1 aromatic carbocycles. The lowest BCUT2D eigenvalue weighted by atomic mass is 10.1. The van der Waals surface area contributed by atoms with Gasteiger partial charge in [-0.2, -0.15) is 0 Å². The number of aromatic nitrogens is 1. The summed E-state index contributed by atoms with van der Waals surface area (Å²) in [4.78, 5) is 3.84. The lowest BCUT2D eigenvalue weighted by Gasteiger charge is -2.10. The van der Waals surface area contributed by atoms with Crippen molar-refractivity contribution in [2.24, 2.45) is 0 Å². The van der Waals surface area contributed by atoms with Crippen LogP contribution in [-0.4, -0.2) is 11.3 Å². The van der Waals surface area contributed by atoms with E-state index < -0.39 is 17.9 Å². The largest absolute Gasteiger partial charge is 0.573 e. The van der Waals surface area contributed by atoms with Crippen molar-refractivity contribution in [3.8, 4) is 17.0 Å². The summed E-state index contributed by atoms with van der Waals surface area (Å²) in [7, 11) is 0. The van der Waals surface area contributed by atoms with Gasteiger partial charge in [-0.05, 0) is 30.7 Å². The van der Waals surface area contributed by atoms with E-state index in [1.807, 2.05) is 0 Å². The summed E-state index contributed by atoms with van der Waals surface area (Å²) in [6.45, 7) is 1.55. The van der Waals surface area contributed by atoms with E-state index in [9.17, 15) is 17.6 Å². The summed E-state index contributed by atoms with van der Waals surface area (Å²) >= 11 is 0. The van der Waals surface area contributed by atoms with Gasteiger partial charge in [0.1, 0.15) is 11.4 Å². The second-order valence-electron chi connectivity index (χ2n) is 3.87. The molecule has 2 nitrogen and oxygen atoms in total. The molecule has 6 heteroatoms. The highest BCUT2D eigenvalue weighted by Gasteiger charge is 2.31. The van der Waals surface area contributed by atoms with E-state index in [0.717, 1.165) is 12.1 Å². The van der Waals surface area contributed by atoms with Gasteiger partial charge < -0.3 is 4.74 Å². The Labute approximate surface area is 106 Å². The Balaban J connectivity index is 2.41. The Kier molecular flexibility index (Phi) is 3.42. The average molecular weight is 271 g/mol. The van der Waals surface area contributed by atoms with Crippen molar-refractivity contribution in [3.05, 3.63) is 47.9 Å². The van der Waals surface area contributed by atoms with Gasteiger partial charge >= 0.3 is 6.36 Å². The standard InChI is InChI=1S/C13H9F4NO/c1-8-5-6-18-12(11(8)14)9-3-2-4-10(7-9)19-13(15,16)17/h2-7H,1H3. The molecule has 100 valence electrons. The molecule has 0 fully saturated rings. The van der Waals surface area contributed by atoms with Crippen molar-refractivity contribution < 1.29 is 22.3 Å². The zero-order chi connectivity index (χ0) is 14.0. The normalized spacial score (nSPS) is 11.4. The highest BCUT2D eigenvalue weighted by Crippen LogP contribution is 2.28. The second-order valence-corrected chi connectivity index (χ2v) is 3.87. The van der Waals surface area contributed by atoms with Gasteiger partial charge in [-0.1, -0.05) is 12.1 Å². The summed E-state index contributed by atoms with van der Waals surface area (Å²) in [5, 5.41) is 0. The summed E-state index contributed by atoms with van der Waals surface area (Å²) in [5.74, 6) is -0.973. The molecule has 0 aliphatic carbocycles. The van der Waals surface area contributed by atoms with E-state index in [4.69, 9.17) is 0 Å². The molecular weight excluding hydrogens is 262 g/mol. The van der Waals surface area contributed by atoms with Gasteiger partial charge in [0.15, 0.2) is 5.82 Å². The molecule has 0 unspecified atom stereocenters. The first kappa shape index (κ1) is 13.3. The summed E-state index contributed by atoms with van der Waals surface area (Å²) in [5.41, 5.74) is 0.586. The van der Waals surface area contributed by atoms with E-state index in [0.29, 0.717) is 5.56 Å². The maximum absolute atomic E-state index is 13.8. The van der Waals surface area contributed by atoms with E-state index >= 15 is 0 Å². The van der Waals surface area contributed by atoms with Gasteiger partial charge in [-0.15, -0.1) is 13.2 Å². The molecular formula is C13H9F4NO. The first-order chi connectivity index (χ1) is 8.87. The van der Waals surface area contributed by atoms with Crippen LogP contribution >= 0.6 is 0 Å². The van der Waals surface area contributed by atoms with Gasteiger partial charge in [0.05, 0.1) is 0 Å². The fourth-order valence-electron chi connectivity index (χ4n) is 1.58. The third kappa shape index (κ3) is 3.21. The summed E-state index contributed by atoms with van der Waals surface area (Å²) in [6, 6.07) is 6.53. The number of nitrogens with zero attached hydrogens (tertiary/aromatic N) is 1. The number of ether oxygens (including phenoxy) is 1. The van der Waals surface area contributed by atoms with Crippen molar-refractivity contribution in [3.63, 3.8) is 0 Å². The number of alkyl halides is 3. The number of hydrogen-bond donors (Lipinski definition) is 0. The molecule has 0 saturated carbocycles. The third-order valence-corrected chi connectivity index (χ3v) is 2.42. The highest BCUT2D eigenvalue weighted by atomic mass is 19.4. The van der Waals surface area contributed by atoms with Crippen molar-refractivity contribution >= 4 is 0 Å². The third-order valence-electron chi connectivity index (χ3n) is 2.42. The zero-order valence-electron chi connectivity index (χ0n) is 9.83. The Bertz CT molecular complexity index is 595. The number of aryl methyl sites for hydroxylation is 1. The molecule has 0 amide bonds. The van der Waals surface area contributed by atoms with Crippen LogP contribution in [0.5, 0.6) is 5.75 Å². The molecule has 0 atom stereocenters. The number of halogens is 4. The minimum absolute atomic E-state index is 0.00683. The minimum atomic E-state index is -4.78. The molecule has 0 radical (unpaired) electrons. The lowest BCUT2D eigenvalue weighted by Crippen LogP contribution is -2.17. The number of benzene rings is 1. The minimum Gasteiger partial charge on any atom is -0.406 e. The molecule has 1 aromatic heterocycles. The van der Waals surface area contributed by atoms with Gasteiger partial charge in [-0.25, -0.2) is 4.39 Å². The summed E-state index contributed by atoms with van der Waals surface area (Å²) in [6.07, 6.45) is -3.39. The first-order valence-electron chi connectivity index (χ1n) is 5.34. The van der Waals surface area contributed by atoms with Crippen LogP contribution in [0, 0.1) is 12.7 Å². The average Bonchev–Trinajstić information content (AvgIpc) is 2.31. The van der Waals surface area contributed by atoms with Crippen molar-refractivity contribution in [2.75, 3.05) is 0 Å². The van der Waals surface area contributed by atoms with Crippen molar-refractivity contribution in [2.45, 2.75) is 13.3 Å². The van der Waals surface area contributed by atoms with E-state index in [-0.39, 0.29) is 11.3 Å². The van der Waals surface area contributed by atoms with Crippen LogP contribution in [0.3, 0.4) is 0 Å². The fraction of sp³-hybridized carbons (Fsp3) is 0.154. The SMILES string of the molecule is Cc1ccnc(-c2cccc(OC(F)(F)F)c2)c1F. The quantitative estimate of drug-likeness (QED) is 0.767. The van der Waals surface area contributed by atoms with E-state index in [2.05, 4.69) is 9.72 Å². The molecule has 2 rings (SSSR count). The lowest BCUT2D eigenvalue weighted by molar-refractivity contribution is -0.274. The predicted octanol–water partition coefficient (Wildman–Crippen LogP) is 4.09. The van der Waals surface area contributed by atoms with Crippen molar-refractivity contribution in [1.82, 2.24) is 4.98 Å². The van der Waals surface area contributed by atoms with Gasteiger partial charge in [0.2, 0.25) is 0 Å². The Morgan fingerprint density at radius 3 is 2.58 bits per heavy atom. The van der Waals surface area contributed by atoms with Crippen LogP contribution in [-0.2, 0) is 0 Å². The van der Waals surface area contributed by atoms with Gasteiger partial charge in [0, 0.05) is 11.8 Å². The van der Waals surface area contributed by atoms with Crippen LogP contribution in [0.2, 0.25) is 0 Å². The topological polar surface area (TPSA) is 22.1 Å². The van der Waals surface area contributed by atoms with Gasteiger partial charge in [-0.3, -0.25) is 4.98 Å². The van der Waals surface area contributed by atoms with Crippen LogP contribution < -0.4 is 4.74 Å². The monoisotopic (exact) mass is 271 g/mol. The zero-order valence-corrected chi connectivity index (χ0v) is 9.83. The number of hydrogen-bond acceptors (Lipinski definition) is 2. The maximum Gasteiger partial charge on any atom is 0.573 e. The van der Waals surface area contributed by atoms with Crippen molar-refractivity contribution in [1.29, 1.82) is 0 Å². The molecule has 0 saturated heterocycles. The Hall–Kier alpha value is -2.11. The van der Waals surface area contributed by atoms with Crippen LogP contribution in [0.15, 0.2) is 36.5 Å². The molecule has 2 aromatic rings. The van der Waals surface area contributed by atoms with E-state index in [1.54, 1.807) is 6.92 Å². The Morgan fingerprint density at radius 1 is 1.16 bits per heavy atom. The molecule has 0 aliphatic heterocycles. The first-order valence-corrected chi connectivity index (χ1v) is 5.34. The van der Waals surface area contributed by atoms with Crippen LogP contribution in [0.1, 0.15) is 5.56 Å². The van der Waals surface area contributed by atoms with Gasteiger partial charge in [0.25, 0.3) is 0 Å². The van der Waals surface area contributed by atoms with Crippen LogP contribution in [0.4, 0.5) is 17.6 Å². The fourth-order valence-corrected chi connectivity index (χ4v) is 1.58. The molecule has 0 aliphatic rings. The Morgan fingerprint density at radius 2 is 1.89 bits per heavy atom. The number of pyridine rings is 1. The maximum atomic E-state index is 13.8. The smallest absolute Gasteiger partial charge is 0.406 e. The molecule has 0 spiro atoms. The molecule has 1 heterocycles. The van der Waals surface area contributed by atoms with Crippen LogP contribution in [0.25, 0.3) is 11.3 Å². The number of rotatable bonds is 2. The molecule has 0 bridgehead atoms. The molecule has 0 N–H and O–H groups in total. The second kappa shape index (κ2) is 4.87. The molecule has 19 heavy (non-hydrogen) atoms. The predicted molar refractivity (Wildman–Crippen MR) is 61.1 cm³/mol.